The van der Waals surface area contributed by atoms with Crippen molar-refractivity contribution in [3.8, 4) is 0 Å². The van der Waals surface area contributed by atoms with E-state index < -0.39 is 12.1 Å². The van der Waals surface area contributed by atoms with Crippen LogP contribution in [0.3, 0.4) is 0 Å². The van der Waals surface area contributed by atoms with E-state index in [0.717, 1.165) is 25.7 Å². The van der Waals surface area contributed by atoms with Crippen LogP contribution in [0.5, 0.6) is 0 Å². The number of esters is 1. The molecule has 0 aliphatic rings. The molecule has 0 fully saturated rings. The summed E-state index contributed by atoms with van der Waals surface area (Å²) in [5.41, 5.74) is 0. The van der Waals surface area contributed by atoms with Crippen LogP contribution in [0.4, 0.5) is 4.79 Å². The lowest BCUT2D eigenvalue weighted by molar-refractivity contribution is -0.146. The Bertz CT molecular complexity index is 374. The van der Waals surface area contributed by atoms with E-state index in [-0.39, 0.29) is 5.97 Å². The van der Waals surface area contributed by atoms with Gasteiger partial charge >= 0.3 is 12.1 Å². The predicted molar refractivity (Wildman–Crippen MR) is 116 cm³/mol. The van der Waals surface area contributed by atoms with E-state index in [2.05, 4.69) is 12.2 Å². The maximum Gasteiger partial charge on any atom is 0.407 e. The quantitative estimate of drug-likeness (QED) is 0.198. The number of carbonyl (C=O) groups excluding carboxylic acids is 2. The molecule has 0 rings (SSSR count). The zero-order valence-electron chi connectivity index (χ0n) is 18.7. The van der Waals surface area contributed by atoms with Crippen LogP contribution >= 0.6 is 0 Å². The van der Waals surface area contributed by atoms with Crippen LogP contribution in [0.1, 0.15) is 117 Å². The Hall–Kier alpha value is -1.26. The fourth-order valence-electron chi connectivity index (χ4n) is 3.13. The first-order valence-corrected chi connectivity index (χ1v) is 11.8. The van der Waals surface area contributed by atoms with Crippen molar-refractivity contribution in [3.05, 3.63) is 0 Å². The van der Waals surface area contributed by atoms with Gasteiger partial charge in [0.1, 0.15) is 6.04 Å². The molecule has 5 nitrogen and oxygen atoms in total. The number of rotatable bonds is 19. The largest absolute Gasteiger partial charge is 0.464 e. The van der Waals surface area contributed by atoms with Gasteiger partial charge in [0.05, 0.1) is 13.2 Å². The Morgan fingerprint density at radius 3 is 1.68 bits per heavy atom. The molecule has 0 saturated carbocycles. The van der Waals surface area contributed by atoms with Crippen LogP contribution in [0.2, 0.25) is 0 Å². The van der Waals surface area contributed by atoms with Gasteiger partial charge in [-0.2, -0.15) is 0 Å². The van der Waals surface area contributed by atoms with Gasteiger partial charge in [0, 0.05) is 0 Å². The second-order valence-corrected chi connectivity index (χ2v) is 7.68. The van der Waals surface area contributed by atoms with Gasteiger partial charge in [-0.25, -0.2) is 9.59 Å². The molecular formula is C23H45NO4. The van der Waals surface area contributed by atoms with Gasteiger partial charge in [-0.05, 0) is 19.3 Å². The fraction of sp³-hybridized carbons (Fsp3) is 0.913. The highest BCUT2D eigenvalue weighted by Gasteiger charge is 2.21. The van der Waals surface area contributed by atoms with Gasteiger partial charge in [0.15, 0.2) is 0 Å². The van der Waals surface area contributed by atoms with Crippen LogP contribution in [0.15, 0.2) is 0 Å². The molecule has 1 unspecified atom stereocenters. The molecule has 0 saturated heterocycles. The van der Waals surface area contributed by atoms with E-state index in [1.54, 1.807) is 0 Å². The highest BCUT2D eigenvalue weighted by molar-refractivity contribution is 5.81. The number of unbranched alkanes of at least 4 members (excludes halogenated alkanes) is 11. The lowest BCUT2D eigenvalue weighted by Crippen LogP contribution is -2.42. The van der Waals surface area contributed by atoms with Crippen molar-refractivity contribution in [3.63, 3.8) is 0 Å². The summed E-state index contributed by atoms with van der Waals surface area (Å²) in [7, 11) is 0. The van der Waals surface area contributed by atoms with Crippen LogP contribution in [-0.4, -0.2) is 31.3 Å². The molecule has 1 amide bonds. The number of carbonyl (C=O) groups is 2. The molecule has 0 aromatic heterocycles. The summed E-state index contributed by atoms with van der Waals surface area (Å²) in [5, 5.41) is 2.61. The summed E-state index contributed by atoms with van der Waals surface area (Å²) in [4.78, 5) is 23.8. The Balaban J connectivity index is 3.63. The first-order chi connectivity index (χ1) is 13.7. The van der Waals surface area contributed by atoms with E-state index in [4.69, 9.17) is 9.47 Å². The fourth-order valence-corrected chi connectivity index (χ4v) is 3.13. The molecule has 5 heteroatoms. The van der Waals surface area contributed by atoms with Crippen LogP contribution in [0.25, 0.3) is 0 Å². The molecular weight excluding hydrogens is 354 g/mol. The summed E-state index contributed by atoms with van der Waals surface area (Å²) in [6, 6.07) is -0.605. The summed E-state index contributed by atoms with van der Waals surface area (Å²) in [6.45, 7) is 6.96. The van der Waals surface area contributed by atoms with E-state index in [1.807, 2.05) is 13.8 Å². The molecule has 0 aromatic carbocycles. The smallest absolute Gasteiger partial charge is 0.407 e. The molecule has 0 heterocycles. The predicted octanol–water partition coefficient (Wildman–Crippen LogP) is 6.54. The normalized spacial score (nSPS) is 11.8. The van der Waals surface area contributed by atoms with E-state index in [0.29, 0.717) is 19.6 Å². The van der Waals surface area contributed by atoms with Crippen molar-refractivity contribution in [2.24, 2.45) is 0 Å². The molecule has 0 radical (unpaired) electrons. The number of amides is 1. The number of ether oxygens (including phenoxy) is 2. The molecule has 1 N–H and O–H groups in total. The van der Waals surface area contributed by atoms with Crippen molar-refractivity contribution in [2.75, 3.05) is 13.2 Å². The molecule has 0 aromatic rings. The average Bonchev–Trinajstić information content (AvgIpc) is 2.69. The standard InChI is InChI=1S/C23H45NO4/c1-4-7-8-9-10-11-12-13-14-15-16-17-20-27-22(25)21(18-5-2)24-23(26)28-19-6-3/h21H,4-20H2,1-3H3,(H,24,26). The van der Waals surface area contributed by atoms with E-state index >= 15 is 0 Å². The zero-order chi connectivity index (χ0) is 20.9. The third-order valence-electron chi connectivity index (χ3n) is 4.83. The molecule has 0 aliphatic heterocycles. The van der Waals surface area contributed by atoms with Gasteiger partial charge in [0.2, 0.25) is 0 Å². The Morgan fingerprint density at radius 2 is 1.18 bits per heavy atom. The van der Waals surface area contributed by atoms with Gasteiger partial charge in [-0.15, -0.1) is 0 Å². The second kappa shape index (κ2) is 20.5. The maximum atomic E-state index is 12.2. The van der Waals surface area contributed by atoms with Gasteiger partial charge in [0.25, 0.3) is 0 Å². The molecule has 0 spiro atoms. The van der Waals surface area contributed by atoms with Crippen molar-refractivity contribution in [1.82, 2.24) is 5.32 Å². The number of nitrogens with one attached hydrogen (secondary N) is 1. The third kappa shape index (κ3) is 16.9. The lowest BCUT2D eigenvalue weighted by Gasteiger charge is -2.16. The van der Waals surface area contributed by atoms with Gasteiger partial charge in [-0.3, -0.25) is 0 Å². The highest BCUT2D eigenvalue weighted by Crippen LogP contribution is 2.12. The highest BCUT2D eigenvalue weighted by atomic mass is 16.6. The monoisotopic (exact) mass is 399 g/mol. The molecule has 1 atom stereocenters. The summed E-state index contributed by atoms with van der Waals surface area (Å²) >= 11 is 0. The van der Waals surface area contributed by atoms with E-state index in [1.165, 1.54) is 64.2 Å². The molecule has 0 bridgehead atoms. The molecule has 28 heavy (non-hydrogen) atoms. The summed E-state index contributed by atoms with van der Waals surface area (Å²) < 4.78 is 10.3. The third-order valence-corrected chi connectivity index (χ3v) is 4.83. The first-order valence-electron chi connectivity index (χ1n) is 11.8. The summed E-state index contributed by atoms with van der Waals surface area (Å²) in [6.07, 6.45) is 16.9. The van der Waals surface area contributed by atoms with Crippen molar-refractivity contribution < 1.29 is 19.1 Å². The van der Waals surface area contributed by atoms with Crippen LogP contribution in [0, 0.1) is 0 Å². The number of alkyl carbamates (subject to hydrolysis) is 1. The molecule has 0 aliphatic carbocycles. The van der Waals surface area contributed by atoms with Crippen molar-refractivity contribution >= 4 is 12.1 Å². The minimum Gasteiger partial charge on any atom is -0.464 e. The Labute approximate surface area is 173 Å². The second-order valence-electron chi connectivity index (χ2n) is 7.68. The van der Waals surface area contributed by atoms with Crippen molar-refractivity contribution in [1.29, 1.82) is 0 Å². The number of hydrogen-bond donors (Lipinski definition) is 1. The minimum absolute atomic E-state index is 0.349. The SMILES string of the molecule is CCCCCCCCCCCCCCOC(=O)C(CCC)NC(=O)OCCC. The Morgan fingerprint density at radius 1 is 0.643 bits per heavy atom. The number of hydrogen-bond acceptors (Lipinski definition) is 4. The first kappa shape index (κ1) is 26.7. The van der Waals surface area contributed by atoms with Crippen LogP contribution < -0.4 is 5.32 Å². The topological polar surface area (TPSA) is 64.6 Å². The average molecular weight is 400 g/mol. The van der Waals surface area contributed by atoms with Gasteiger partial charge in [-0.1, -0.05) is 97.8 Å². The lowest BCUT2D eigenvalue weighted by atomic mass is 10.1. The summed E-state index contributed by atoms with van der Waals surface area (Å²) in [5.74, 6) is -0.349. The zero-order valence-corrected chi connectivity index (χ0v) is 18.7. The minimum atomic E-state index is -0.605. The van der Waals surface area contributed by atoms with Crippen LogP contribution in [-0.2, 0) is 14.3 Å². The van der Waals surface area contributed by atoms with Crippen molar-refractivity contribution in [2.45, 2.75) is 123 Å². The maximum absolute atomic E-state index is 12.2. The van der Waals surface area contributed by atoms with E-state index in [9.17, 15) is 9.59 Å². The molecule has 166 valence electrons. The van der Waals surface area contributed by atoms with Gasteiger partial charge < -0.3 is 14.8 Å². The Kier molecular flexibility index (Phi) is 19.6.